The Balaban J connectivity index is 2.11. The van der Waals surface area contributed by atoms with Crippen molar-refractivity contribution in [3.63, 3.8) is 0 Å². The van der Waals surface area contributed by atoms with Gasteiger partial charge in [-0.3, -0.25) is 0 Å². The van der Waals surface area contributed by atoms with E-state index < -0.39 is 36.5 Å². The minimum atomic E-state index is -3.50. The second-order valence-electron chi connectivity index (χ2n) is 13.3. The first kappa shape index (κ1) is 31.4. The summed E-state index contributed by atoms with van der Waals surface area (Å²) in [6.07, 6.45) is 11.6. The Labute approximate surface area is 234 Å². The van der Waals surface area contributed by atoms with E-state index in [4.69, 9.17) is 0 Å². The van der Waals surface area contributed by atoms with E-state index >= 15 is 0 Å². The molecule has 2 aliphatic rings. The van der Waals surface area contributed by atoms with Crippen molar-refractivity contribution < 1.29 is 8.42 Å². The quantitative estimate of drug-likeness (QED) is 0.199. The Morgan fingerprint density at radius 2 is 1.46 bits per heavy atom. The molecule has 1 aromatic rings. The molecule has 3 nitrogen and oxygen atoms in total. The van der Waals surface area contributed by atoms with Crippen LogP contribution in [0, 0.1) is 12.8 Å². The first-order chi connectivity index (χ1) is 17.5. The number of nitrogens with zero attached hydrogens (tertiary/aromatic N) is 1. The van der Waals surface area contributed by atoms with Gasteiger partial charge in [0.1, 0.15) is 0 Å². The summed E-state index contributed by atoms with van der Waals surface area (Å²) in [5.74, 6) is 0.474. The van der Waals surface area contributed by atoms with Gasteiger partial charge in [-0.25, -0.2) is 0 Å². The molecule has 210 valence electrons. The molecule has 0 unspecified atom stereocenters. The Hall–Kier alpha value is -0.114. The Morgan fingerprint density at radius 1 is 0.919 bits per heavy atom. The van der Waals surface area contributed by atoms with Crippen LogP contribution in [-0.4, -0.2) is 51.8 Å². The summed E-state index contributed by atoms with van der Waals surface area (Å²) in [5.41, 5.74) is 5.23. The van der Waals surface area contributed by atoms with Crippen molar-refractivity contribution in [1.82, 2.24) is 4.31 Å². The van der Waals surface area contributed by atoms with Gasteiger partial charge in [-0.05, 0) is 0 Å². The maximum absolute atomic E-state index is 14.1. The fourth-order valence-corrected chi connectivity index (χ4v) is 30.6. The average Bonchev–Trinajstić information content (AvgIpc) is 3.22. The van der Waals surface area contributed by atoms with Crippen molar-refractivity contribution >= 4 is 36.5 Å². The summed E-state index contributed by atoms with van der Waals surface area (Å²) in [5, 5.41) is 0. The molecule has 1 aromatic carbocycles. The number of sulfonamides is 1. The van der Waals surface area contributed by atoms with Crippen LogP contribution in [0.1, 0.15) is 84.1 Å². The van der Waals surface area contributed by atoms with Crippen LogP contribution in [-0.2, 0) is 10.0 Å². The van der Waals surface area contributed by atoms with Crippen LogP contribution >= 0.6 is 0 Å². The first-order valence-corrected chi connectivity index (χ1v) is 28.0. The zero-order valence-electron chi connectivity index (χ0n) is 25.0. The third kappa shape index (κ3) is 7.55. The number of rotatable bonds is 13. The number of fused-ring (bicyclic) bond motifs is 1. The van der Waals surface area contributed by atoms with Crippen LogP contribution in [0.3, 0.4) is 0 Å². The molecule has 0 bridgehead atoms. The normalized spacial score (nSPS) is 24.5. The summed E-state index contributed by atoms with van der Waals surface area (Å²) >= 11 is -2.57. The fraction of sp³-hybridized carbons (Fsp3) is 0.742. The molecule has 37 heavy (non-hydrogen) atoms. The van der Waals surface area contributed by atoms with Crippen LogP contribution in [0.2, 0.25) is 36.9 Å². The van der Waals surface area contributed by atoms with Crippen LogP contribution in [0.25, 0.3) is 0 Å². The van der Waals surface area contributed by atoms with Crippen LogP contribution < -0.4 is 0 Å². The zero-order chi connectivity index (χ0) is 27.3. The van der Waals surface area contributed by atoms with Crippen LogP contribution in [0.15, 0.2) is 40.4 Å². The number of unbranched alkanes of at least 4 members (excludes halogenated alkanes) is 3. The van der Waals surface area contributed by atoms with Crippen LogP contribution in [0.4, 0.5) is 0 Å². The molecular formula is C31H55NO2SSiSn. The molecule has 3 atom stereocenters. The standard InChI is InChI=1S/C19H28NO2SSi.3C4H9.Sn/c1-15-9-11-17(12-10-15)23(21,22)20-13-16(14-24(2,3)4)18-7-5-6-8-19(18)20;3*1-3-4-2;/h7,9-12,14,18-19H,5-6,8,13H2,1-4H3;3*1,3-4H2,2H3;/b16-14-;;;;/t18-,19-;;;;/m0..../s1. The molecule has 1 saturated carbocycles. The molecule has 0 spiro atoms. The van der Waals surface area contributed by atoms with E-state index in [1.165, 1.54) is 70.2 Å². The number of aryl methyl sites for hydroxylation is 1. The molecule has 0 radical (unpaired) electrons. The van der Waals surface area contributed by atoms with Gasteiger partial charge in [0.25, 0.3) is 0 Å². The van der Waals surface area contributed by atoms with Crippen molar-refractivity contribution in [2.24, 2.45) is 5.92 Å². The van der Waals surface area contributed by atoms with Crippen molar-refractivity contribution in [1.29, 1.82) is 0 Å². The molecule has 2 fully saturated rings. The minimum absolute atomic E-state index is 0.161. The fourth-order valence-electron chi connectivity index (χ4n) is 7.42. The van der Waals surface area contributed by atoms with Gasteiger partial charge in [0, 0.05) is 0 Å². The third-order valence-corrected chi connectivity index (χ3v) is 30.1. The molecular weight excluding hydrogens is 597 g/mol. The predicted molar refractivity (Wildman–Crippen MR) is 166 cm³/mol. The van der Waals surface area contributed by atoms with Crippen molar-refractivity contribution in [2.75, 3.05) is 6.54 Å². The molecule has 0 amide bonds. The summed E-state index contributed by atoms with van der Waals surface area (Å²) < 4.78 is 35.5. The van der Waals surface area contributed by atoms with E-state index in [-0.39, 0.29) is 6.04 Å². The molecule has 0 N–H and O–H groups in total. The summed E-state index contributed by atoms with van der Waals surface area (Å²) in [7, 11) is -5.00. The monoisotopic (exact) mass is 653 g/mol. The summed E-state index contributed by atoms with van der Waals surface area (Å²) in [6.45, 7) is 17.0. The summed E-state index contributed by atoms with van der Waals surface area (Å²) in [6, 6.07) is 7.71. The van der Waals surface area contributed by atoms with E-state index in [1.807, 2.05) is 35.5 Å². The van der Waals surface area contributed by atoms with Crippen molar-refractivity contribution in [2.45, 2.75) is 133 Å². The van der Waals surface area contributed by atoms with Gasteiger partial charge in [-0.1, -0.05) is 0 Å². The SMILES string of the molecule is CCC[CH2][Sn]([CH2]CCC)([CH2]CCC)[C@@H]1CCC[C@H]2[C@@H]1/C(=C\[Si](C)(C)C)CN2S(=O)(=O)c1ccc(C)cc1. The molecule has 1 saturated heterocycles. The van der Waals surface area contributed by atoms with Gasteiger partial charge in [0.2, 0.25) is 0 Å². The van der Waals surface area contributed by atoms with E-state index in [9.17, 15) is 8.42 Å². The van der Waals surface area contributed by atoms with Gasteiger partial charge >= 0.3 is 236 Å². The Bertz CT molecular complexity index is 977. The maximum atomic E-state index is 14.1. The van der Waals surface area contributed by atoms with Gasteiger partial charge in [-0.2, -0.15) is 0 Å². The molecule has 1 aliphatic heterocycles. The van der Waals surface area contributed by atoms with E-state index in [0.717, 1.165) is 15.9 Å². The number of hydrogen-bond donors (Lipinski definition) is 0. The number of benzene rings is 1. The first-order valence-electron chi connectivity index (χ1n) is 15.3. The molecule has 1 aliphatic carbocycles. The van der Waals surface area contributed by atoms with Gasteiger partial charge in [0.05, 0.1) is 0 Å². The Morgan fingerprint density at radius 3 is 1.95 bits per heavy atom. The summed E-state index contributed by atoms with van der Waals surface area (Å²) in [4.78, 5) is 0.478. The predicted octanol–water partition coefficient (Wildman–Crippen LogP) is 9.19. The van der Waals surface area contributed by atoms with Gasteiger partial charge in [-0.15, -0.1) is 0 Å². The molecule has 6 heteroatoms. The second-order valence-corrected chi connectivity index (χ2v) is 34.3. The molecule has 3 rings (SSSR count). The van der Waals surface area contributed by atoms with Gasteiger partial charge < -0.3 is 0 Å². The van der Waals surface area contributed by atoms with E-state index in [1.54, 1.807) is 0 Å². The van der Waals surface area contributed by atoms with Gasteiger partial charge in [0.15, 0.2) is 0 Å². The topological polar surface area (TPSA) is 37.4 Å². The molecule has 1 heterocycles. The van der Waals surface area contributed by atoms with Crippen molar-refractivity contribution in [3.05, 3.63) is 41.1 Å². The second kappa shape index (κ2) is 13.5. The third-order valence-electron chi connectivity index (χ3n) is 9.12. The van der Waals surface area contributed by atoms with E-state index in [2.05, 4.69) is 46.1 Å². The van der Waals surface area contributed by atoms with E-state index in [0.29, 0.717) is 17.4 Å². The number of hydrogen-bond acceptors (Lipinski definition) is 2. The van der Waals surface area contributed by atoms with Crippen LogP contribution in [0.5, 0.6) is 0 Å². The van der Waals surface area contributed by atoms with Crippen molar-refractivity contribution in [3.8, 4) is 0 Å². The Kier molecular flexibility index (Phi) is 11.5. The zero-order valence-corrected chi connectivity index (χ0v) is 29.7. The average molecular weight is 653 g/mol. The molecule has 0 aromatic heterocycles.